The second kappa shape index (κ2) is 6.45. The molecule has 3 aromatic carbocycles. The number of fused-ring (bicyclic) bond motifs is 1. The third kappa shape index (κ3) is 3.27. The molecule has 122 valence electrons. The summed E-state index contributed by atoms with van der Waals surface area (Å²) >= 11 is 1.49. The second-order valence-electron chi connectivity index (χ2n) is 5.53. The molecule has 1 aromatic heterocycles. The van der Waals surface area contributed by atoms with Crippen molar-refractivity contribution in [2.45, 2.75) is 0 Å². The fraction of sp³-hybridized carbons (Fsp3) is 0. The van der Waals surface area contributed by atoms with Crippen LogP contribution in [0.15, 0.2) is 72.8 Å². The summed E-state index contributed by atoms with van der Waals surface area (Å²) in [4.78, 5) is 16.8. The maximum absolute atomic E-state index is 13.4. The van der Waals surface area contributed by atoms with Crippen molar-refractivity contribution in [3.63, 3.8) is 0 Å². The van der Waals surface area contributed by atoms with E-state index in [9.17, 15) is 9.18 Å². The van der Waals surface area contributed by atoms with E-state index in [0.717, 1.165) is 20.8 Å². The van der Waals surface area contributed by atoms with Crippen molar-refractivity contribution in [3.05, 3.63) is 84.2 Å². The van der Waals surface area contributed by atoms with Gasteiger partial charge in [-0.15, -0.1) is 11.3 Å². The quantitative estimate of drug-likeness (QED) is 0.542. The van der Waals surface area contributed by atoms with Crippen LogP contribution in [0.2, 0.25) is 0 Å². The summed E-state index contributed by atoms with van der Waals surface area (Å²) in [5.74, 6) is -0.451. The van der Waals surface area contributed by atoms with Gasteiger partial charge in [-0.05, 0) is 42.5 Å². The number of thiazole rings is 1. The van der Waals surface area contributed by atoms with Crippen molar-refractivity contribution >= 4 is 33.1 Å². The number of rotatable bonds is 3. The molecule has 0 aliphatic heterocycles. The van der Waals surface area contributed by atoms with Gasteiger partial charge in [0.2, 0.25) is 0 Å². The van der Waals surface area contributed by atoms with E-state index in [0.29, 0.717) is 11.3 Å². The molecule has 0 atom stereocenters. The van der Waals surface area contributed by atoms with Crippen molar-refractivity contribution in [1.82, 2.24) is 4.98 Å². The van der Waals surface area contributed by atoms with Crippen LogP contribution < -0.4 is 5.32 Å². The van der Waals surface area contributed by atoms with Crippen LogP contribution in [0.4, 0.5) is 10.1 Å². The molecule has 1 heterocycles. The molecule has 25 heavy (non-hydrogen) atoms. The number of nitrogens with zero attached hydrogens (tertiary/aromatic N) is 1. The molecule has 1 amide bonds. The number of aromatic nitrogens is 1. The third-order valence-electron chi connectivity index (χ3n) is 3.75. The molecule has 3 nitrogen and oxygen atoms in total. The van der Waals surface area contributed by atoms with E-state index in [1.165, 1.54) is 23.5 Å². The molecule has 0 fully saturated rings. The van der Waals surface area contributed by atoms with Gasteiger partial charge in [-0.3, -0.25) is 4.79 Å². The van der Waals surface area contributed by atoms with Crippen LogP contribution in [0.1, 0.15) is 10.4 Å². The highest BCUT2D eigenvalue weighted by molar-refractivity contribution is 7.21. The predicted molar refractivity (Wildman–Crippen MR) is 99.4 cm³/mol. The van der Waals surface area contributed by atoms with Gasteiger partial charge in [0.05, 0.1) is 10.2 Å². The van der Waals surface area contributed by atoms with Gasteiger partial charge in [0.25, 0.3) is 5.91 Å². The maximum atomic E-state index is 13.4. The van der Waals surface area contributed by atoms with Crippen molar-refractivity contribution in [2.24, 2.45) is 0 Å². The van der Waals surface area contributed by atoms with Gasteiger partial charge in [0.1, 0.15) is 10.8 Å². The average molecular weight is 348 g/mol. The van der Waals surface area contributed by atoms with Gasteiger partial charge >= 0.3 is 0 Å². The molecule has 0 saturated heterocycles. The Morgan fingerprint density at radius 1 is 0.960 bits per heavy atom. The van der Waals surface area contributed by atoms with Crippen molar-refractivity contribution in [3.8, 4) is 10.6 Å². The summed E-state index contributed by atoms with van der Waals surface area (Å²) in [5.41, 5.74) is 2.80. The molecule has 4 aromatic rings. The van der Waals surface area contributed by atoms with Crippen LogP contribution in [0.25, 0.3) is 20.8 Å². The van der Waals surface area contributed by atoms with Crippen LogP contribution >= 0.6 is 11.3 Å². The molecule has 0 bridgehead atoms. The normalized spacial score (nSPS) is 10.8. The minimum absolute atomic E-state index is 0.166. The van der Waals surface area contributed by atoms with E-state index < -0.39 is 0 Å². The number of amides is 1. The first-order valence-corrected chi connectivity index (χ1v) is 8.54. The molecular weight excluding hydrogens is 335 g/mol. The van der Waals surface area contributed by atoms with Crippen molar-refractivity contribution in [1.29, 1.82) is 0 Å². The van der Waals surface area contributed by atoms with Crippen molar-refractivity contribution < 1.29 is 9.18 Å². The lowest BCUT2D eigenvalue weighted by Gasteiger charge is -2.04. The van der Waals surface area contributed by atoms with Crippen LogP contribution in [0.3, 0.4) is 0 Å². The Morgan fingerprint density at radius 2 is 1.80 bits per heavy atom. The molecule has 0 saturated carbocycles. The van der Waals surface area contributed by atoms with Gasteiger partial charge in [-0.25, -0.2) is 9.37 Å². The van der Waals surface area contributed by atoms with Gasteiger partial charge in [0.15, 0.2) is 0 Å². The van der Waals surface area contributed by atoms with E-state index in [4.69, 9.17) is 0 Å². The average Bonchev–Trinajstić information content (AvgIpc) is 3.06. The molecule has 0 aliphatic carbocycles. The number of benzene rings is 3. The van der Waals surface area contributed by atoms with Gasteiger partial charge in [-0.2, -0.15) is 0 Å². The third-order valence-corrected chi connectivity index (χ3v) is 4.84. The lowest BCUT2D eigenvalue weighted by Crippen LogP contribution is -2.11. The molecule has 1 N–H and O–H groups in total. The van der Waals surface area contributed by atoms with Crippen LogP contribution in [-0.2, 0) is 0 Å². The van der Waals surface area contributed by atoms with Crippen LogP contribution in [0.5, 0.6) is 0 Å². The Bertz CT molecular complexity index is 1060. The number of hydrogen-bond acceptors (Lipinski definition) is 3. The van der Waals surface area contributed by atoms with Crippen LogP contribution in [-0.4, -0.2) is 10.9 Å². The van der Waals surface area contributed by atoms with E-state index in [1.807, 2.05) is 42.5 Å². The number of carbonyl (C=O) groups is 1. The Morgan fingerprint density at radius 3 is 2.60 bits per heavy atom. The standard InChI is InChI=1S/C20H13FN2OS/c21-15-8-4-7-14(11-15)20-23-17-12-16(9-10-18(17)25-20)22-19(24)13-5-2-1-3-6-13/h1-12H,(H,22,24). The lowest BCUT2D eigenvalue weighted by molar-refractivity contribution is 0.102. The Kier molecular flexibility index (Phi) is 3.99. The highest BCUT2D eigenvalue weighted by atomic mass is 32.1. The number of anilines is 1. The van der Waals surface area contributed by atoms with Gasteiger partial charge in [0, 0.05) is 16.8 Å². The molecule has 0 unspecified atom stereocenters. The summed E-state index contributed by atoms with van der Waals surface area (Å²) in [6.45, 7) is 0. The van der Waals surface area contributed by atoms with E-state index >= 15 is 0 Å². The number of nitrogens with one attached hydrogen (secondary N) is 1. The van der Waals surface area contributed by atoms with Gasteiger partial charge in [-0.1, -0.05) is 30.3 Å². The zero-order valence-electron chi connectivity index (χ0n) is 13.1. The van der Waals surface area contributed by atoms with Crippen LogP contribution in [0, 0.1) is 5.82 Å². The predicted octanol–water partition coefficient (Wildman–Crippen LogP) is 5.35. The largest absolute Gasteiger partial charge is 0.322 e. The molecule has 0 aliphatic rings. The first kappa shape index (κ1) is 15.5. The number of hydrogen-bond donors (Lipinski definition) is 1. The molecule has 0 spiro atoms. The summed E-state index contributed by atoms with van der Waals surface area (Å²) in [5, 5.41) is 3.63. The second-order valence-corrected chi connectivity index (χ2v) is 6.56. The van der Waals surface area contributed by atoms with E-state index in [2.05, 4.69) is 10.3 Å². The summed E-state index contributed by atoms with van der Waals surface area (Å²) in [6.07, 6.45) is 0. The smallest absolute Gasteiger partial charge is 0.255 e. The maximum Gasteiger partial charge on any atom is 0.255 e. The first-order chi connectivity index (χ1) is 12.2. The molecular formula is C20H13FN2OS. The Labute approximate surface area is 147 Å². The van der Waals surface area contributed by atoms with Crippen molar-refractivity contribution in [2.75, 3.05) is 5.32 Å². The fourth-order valence-corrected chi connectivity index (χ4v) is 3.49. The molecule has 5 heteroatoms. The van der Waals surface area contributed by atoms with E-state index in [1.54, 1.807) is 18.2 Å². The summed E-state index contributed by atoms with van der Waals surface area (Å²) in [7, 11) is 0. The number of carbonyl (C=O) groups excluding carboxylic acids is 1. The first-order valence-electron chi connectivity index (χ1n) is 7.72. The van der Waals surface area contributed by atoms with E-state index in [-0.39, 0.29) is 11.7 Å². The zero-order chi connectivity index (χ0) is 17.2. The molecule has 4 rings (SSSR count). The lowest BCUT2D eigenvalue weighted by atomic mass is 10.2. The summed E-state index contributed by atoms with van der Waals surface area (Å²) in [6, 6.07) is 21.0. The Balaban J connectivity index is 1.63. The number of halogens is 1. The highest BCUT2D eigenvalue weighted by Gasteiger charge is 2.10. The minimum Gasteiger partial charge on any atom is -0.322 e. The van der Waals surface area contributed by atoms with Gasteiger partial charge < -0.3 is 5.32 Å². The SMILES string of the molecule is O=C(Nc1ccc2sc(-c3cccc(F)c3)nc2c1)c1ccccc1. The zero-order valence-corrected chi connectivity index (χ0v) is 13.9. The topological polar surface area (TPSA) is 42.0 Å². The molecule has 0 radical (unpaired) electrons. The monoisotopic (exact) mass is 348 g/mol. The Hall–Kier alpha value is -3.05. The summed E-state index contributed by atoms with van der Waals surface area (Å²) < 4.78 is 14.4. The minimum atomic E-state index is -0.285. The highest BCUT2D eigenvalue weighted by Crippen LogP contribution is 2.31. The fourth-order valence-electron chi connectivity index (χ4n) is 2.54.